The Morgan fingerprint density at radius 3 is 2.14 bits per heavy atom. The maximum Gasteiger partial charge on any atom is 0.325 e. The summed E-state index contributed by atoms with van der Waals surface area (Å²) in [6.07, 6.45) is 0.516. The van der Waals surface area contributed by atoms with E-state index >= 15 is 0 Å². The number of nitrogens with one attached hydrogen (secondary N) is 1. The number of benzene rings is 2. The van der Waals surface area contributed by atoms with E-state index in [4.69, 9.17) is 9.57 Å². The van der Waals surface area contributed by atoms with Gasteiger partial charge in [-0.2, -0.15) is 5.48 Å². The Bertz CT molecular complexity index is 542. The molecule has 110 valence electrons. The second-order valence-electron chi connectivity index (χ2n) is 4.66. The molecule has 0 bridgehead atoms. The van der Waals surface area contributed by atoms with Gasteiger partial charge in [-0.15, -0.1) is 0 Å². The highest BCUT2D eigenvalue weighted by atomic mass is 16.6. The molecule has 0 fully saturated rings. The average molecular weight is 285 g/mol. The Balaban J connectivity index is 1.89. The largest absolute Gasteiger partial charge is 0.468 e. The van der Waals surface area contributed by atoms with E-state index in [1.165, 1.54) is 7.11 Å². The van der Waals surface area contributed by atoms with Crippen LogP contribution < -0.4 is 5.48 Å². The van der Waals surface area contributed by atoms with Crippen molar-refractivity contribution in [3.63, 3.8) is 0 Å². The maximum absolute atomic E-state index is 11.8. The normalized spacial score (nSPS) is 11.9. The van der Waals surface area contributed by atoms with Crippen LogP contribution in [0.2, 0.25) is 0 Å². The van der Waals surface area contributed by atoms with Crippen molar-refractivity contribution in [2.24, 2.45) is 0 Å². The topological polar surface area (TPSA) is 47.6 Å². The number of carbonyl (C=O) groups is 1. The summed E-state index contributed by atoms with van der Waals surface area (Å²) in [7, 11) is 1.37. The van der Waals surface area contributed by atoms with Gasteiger partial charge in [0.1, 0.15) is 6.04 Å². The standard InChI is InChI=1S/C17H19NO3/c1-20-17(19)16(12-14-8-4-2-5-9-14)18-21-13-15-10-6-3-7-11-15/h2-11,16,18H,12-13H2,1H3/t16-/m1/s1. The molecule has 2 rings (SSSR count). The van der Waals surface area contributed by atoms with E-state index in [1.54, 1.807) is 0 Å². The highest BCUT2D eigenvalue weighted by Crippen LogP contribution is 2.06. The predicted octanol–water partition coefficient (Wildman–Crippen LogP) is 2.49. The number of esters is 1. The summed E-state index contributed by atoms with van der Waals surface area (Å²) < 4.78 is 4.81. The predicted molar refractivity (Wildman–Crippen MR) is 80.3 cm³/mol. The van der Waals surface area contributed by atoms with Crippen LogP contribution in [0.3, 0.4) is 0 Å². The third-order valence-corrected chi connectivity index (χ3v) is 3.08. The average Bonchev–Trinajstić information content (AvgIpc) is 2.55. The molecule has 0 aromatic heterocycles. The monoisotopic (exact) mass is 285 g/mol. The third kappa shape index (κ3) is 5.02. The quantitative estimate of drug-likeness (QED) is 0.627. The van der Waals surface area contributed by atoms with Gasteiger partial charge in [-0.1, -0.05) is 60.7 Å². The molecule has 0 aliphatic heterocycles. The van der Waals surface area contributed by atoms with E-state index in [1.807, 2.05) is 60.7 Å². The second-order valence-corrected chi connectivity index (χ2v) is 4.66. The van der Waals surface area contributed by atoms with E-state index in [2.05, 4.69) is 5.48 Å². The molecule has 0 saturated carbocycles. The SMILES string of the molecule is COC(=O)[C@@H](Cc1ccccc1)NOCc1ccccc1. The van der Waals surface area contributed by atoms with Gasteiger partial charge in [0.05, 0.1) is 13.7 Å². The van der Waals surface area contributed by atoms with Crippen molar-refractivity contribution >= 4 is 5.97 Å². The maximum atomic E-state index is 11.8. The van der Waals surface area contributed by atoms with Crippen molar-refractivity contribution in [3.8, 4) is 0 Å². The molecule has 2 aromatic carbocycles. The fraction of sp³-hybridized carbons (Fsp3) is 0.235. The molecule has 0 aliphatic rings. The van der Waals surface area contributed by atoms with Crippen LogP contribution in [0.5, 0.6) is 0 Å². The highest BCUT2D eigenvalue weighted by molar-refractivity contribution is 5.75. The van der Waals surface area contributed by atoms with Gasteiger partial charge in [-0.3, -0.25) is 9.63 Å². The Labute approximate surface area is 124 Å². The van der Waals surface area contributed by atoms with Crippen molar-refractivity contribution < 1.29 is 14.4 Å². The van der Waals surface area contributed by atoms with Gasteiger partial charge in [0, 0.05) is 6.42 Å². The molecule has 0 heterocycles. The lowest BCUT2D eigenvalue weighted by atomic mass is 10.1. The van der Waals surface area contributed by atoms with Crippen LogP contribution in [0.1, 0.15) is 11.1 Å². The zero-order valence-electron chi connectivity index (χ0n) is 12.0. The van der Waals surface area contributed by atoms with Gasteiger partial charge in [0.15, 0.2) is 0 Å². The molecule has 2 aromatic rings. The van der Waals surface area contributed by atoms with Gasteiger partial charge >= 0.3 is 5.97 Å². The van der Waals surface area contributed by atoms with Gasteiger partial charge in [0.25, 0.3) is 0 Å². The molecule has 1 atom stereocenters. The van der Waals surface area contributed by atoms with E-state index in [0.29, 0.717) is 13.0 Å². The minimum atomic E-state index is -0.527. The molecule has 0 unspecified atom stereocenters. The molecule has 0 aliphatic carbocycles. The summed E-state index contributed by atoms with van der Waals surface area (Å²) in [5.74, 6) is -0.341. The zero-order valence-corrected chi connectivity index (χ0v) is 12.0. The molecule has 0 radical (unpaired) electrons. The summed E-state index contributed by atoms with van der Waals surface area (Å²) in [6.45, 7) is 0.392. The van der Waals surface area contributed by atoms with Crippen LogP contribution >= 0.6 is 0 Å². The molecule has 1 N–H and O–H groups in total. The molecule has 0 amide bonds. The van der Waals surface area contributed by atoms with Crippen molar-refractivity contribution in [2.75, 3.05) is 7.11 Å². The minimum Gasteiger partial charge on any atom is -0.468 e. The Morgan fingerprint density at radius 1 is 1.00 bits per heavy atom. The van der Waals surface area contributed by atoms with Crippen molar-refractivity contribution in [3.05, 3.63) is 71.8 Å². The summed E-state index contributed by atoms with van der Waals surface area (Å²) in [4.78, 5) is 17.2. The van der Waals surface area contributed by atoms with E-state index in [0.717, 1.165) is 11.1 Å². The minimum absolute atomic E-state index is 0.341. The molecular formula is C17H19NO3. The van der Waals surface area contributed by atoms with Crippen LogP contribution in [0.25, 0.3) is 0 Å². The van der Waals surface area contributed by atoms with Gasteiger partial charge in [-0.05, 0) is 11.1 Å². The lowest BCUT2D eigenvalue weighted by Gasteiger charge is -2.16. The van der Waals surface area contributed by atoms with E-state index in [9.17, 15) is 4.79 Å². The number of rotatable bonds is 7. The number of hydrogen-bond donors (Lipinski definition) is 1. The van der Waals surface area contributed by atoms with Gasteiger partial charge in [-0.25, -0.2) is 0 Å². The molecule has 0 spiro atoms. The molecule has 0 saturated heterocycles. The van der Waals surface area contributed by atoms with Crippen LogP contribution in [-0.2, 0) is 27.4 Å². The van der Waals surface area contributed by atoms with Crippen molar-refractivity contribution in [1.82, 2.24) is 5.48 Å². The first-order valence-corrected chi connectivity index (χ1v) is 6.82. The van der Waals surface area contributed by atoms with E-state index < -0.39 is 6.04 Å². The van der Waals surface area contributed by atoms with Crippen LogP contribution in [0.4, 0.5) is 0 Å². The zero-order chi connectivity index (χ0) is 14.9. The number of ether oxygens (including phenoxy) is 1. The molecule has 4 heteroatoms. The Kier molecular flexibility index (Phi) is 5.94. The molecule has 21 heavy (non-hydrogen) atoms. The third-order valence-electron chi connectivity index (χ3n) is 3.08. The summed E-state index contributed by atoms with van der Waals surface area (Å²) in [5.41, 5.74) is 4.87. The Hall–Kier alpha value is -2.17. The lowest BCUT2D eigenvalue weighted by molar-refractivity contribution is -0.148. The van der Waals surface area contributed by atoms with Crippen LogP contribution in [-0.4, -0.2) is 19.1 Å². The smallest absolute Gasteiger partial charge is 0.325 e. The molecule has 4 nitrogen and oxygen atoms in total. The van der Waals surface area contributed by atoms with Gasteiger partial charge in [0.2, 0.25) is 0 Å². The second kappa shape index (κ2) is 8.19. The molecular weight excluding hydrogens is 266 g/mol. The Morgan fingerprint density at radius 2 is 1.57 bits per heavy atom. The summed E-state index contributed by atoms with van der Waals surface area (Å²) >= 11 is 0. The fourth-order valence-electron chi connectivity index (χ4n) is 1.96. The van der Waals surface area contributed by atoms with Crippen molar-refractivity contribution in [2.45, 2.75) is 19.1 Å². The van der Waals surface area contributed by atoms with Crippen LogP contribution in [0.15, 0.2) is 60.7 Å². The van der Waals surface area contributed by atoms with Crippen molar-refractivity contribution in [1.29, 1.82) is 0 Å². The first-order chi connectivity index (χ1) is 10.3. The summed E-state index contributed by atoms with van der Waals surface area (Å²) in [6, 6.07) is 19.0. The first kappa shape index (κ1) is 15.2. The number of methoxy groups -OCH3 is 1. The van der Waals surface area contributed by atoms with E-state index in [-0.39, 0.29) is 5.97 Å². The first-order valence-electron chi connectivity index (χ1n) is 6.82. The van der Waals surface area contributed by atoms with Gasteiger partial charge < -0.3 is 4.74 Å². The highest BCUT2D eigenvalue weighted by Gasteiger charge is 2.19. The fourth-order valence-corrected chi connectivity index (χ4v) is 1.96. The van der Waals surface area contributed by atoms with Crippen LogP contribution in [0, 0.1) is 0 Å². The number of hydrogen-bond acceptors (Lipinski definition) is 4. The number of carbonyl (C=O) groups excluding carboxylic acids is 1. The number of hydroxylamine groups is 1. The summed E-state index contributed by atoms with van der Waals surface area (Å²) in [5, 5.41) is 0. The lowest BCUT2D eigenvalue weighted by Crippen LogP contribution is -2.39.